The zero-order chi connectivity index (χ0) is 17.9. The lowest BCUT2D eigenvalue weighted by molar-refractivity contribution is -0.0509. The molecule has 8 aliphatic carbocycles. The molecule has 0 heterocycles. The first kappa shape index (κ1) is 17.2. The van der Waals surface area contributed by atoms with Crippen LogP contribution in [0.1, 0.15) is 89.9 Å². The molecule has 27 heavy (non-hydrogen) atoms. The van der Waals surface area contributed by atoms with Crippen LogP contribution in [-0.4, -0.2) is 0 Å². The van der Waals surface area contributed by atoms with Crippen molar-refractivity contribution in [2.24, 2.45) is 46.3 Å². The second kappa shape index (κ2) is 6.39. The van der Waals surface area contributed by atoms with Gasteiger partial charge in [0.25, 0.3) is 0 Å². The summed E-state index contributed by atoms with van der Waals surface area (Å²) in [4.78, 5) is 0. The summed E-state index contributed by atoms with van der Waals surface area (Å²) in [5, 5.41) is 0. The van der Waals surface area contributed by atoms with Gasteiger partial charge in [0.05, 0.1) is 12.5 Å². The van der Waals surface area contributed by atoms with Crippen molar-refractivity contribution in [2.75, 3.05) is 0 Å². The van der Waals surface area contributed by atoms with Crippen LogP contribution in [0.3, 0.4) is 0 Å². The van der Waals surface area contributed by atoms with Crippen molar-refractivity contribution in [3.05, 3.63) is 24.7 Å². The highest BCUT2D eigenvalue weighted by atomic mass is 16.5. The number of rotatable bonds is 6. The third-order valence-electron chi connectivity index (χ3n) is 9.78. The van der Waals surface area contributed by atoms with Crippen LogP contribution in [-0.2, 0) is 4.74 Å². The van der Waals surface area contributed by atoms with E-state index in [0.29, 0.717) is 10.8 Å². The Balaban J connectivity index is 0.991. The van der Waals surface area contributed by atoms with Crippen molar-refractivity contribution in [3.8, 4) is 0 Å². The van der Waals surface area contributed by atoms with Crippen molar-refractivity contribution in [1.29, 1.82) is 0 Å². The maximum absolute atomic E-state index is 5.80. The predicted molar refractivity (Wildman–Crippen MR) is 110 cm³/mol. The highest BCUT2D eigenvalue weighted by Gasteiger charge is 2.51. The molecular weight excluding hydrogens is 328 g/mol. The Labute approximate surface area is 166 Å². The predicted octanol–water partition coefficient (Wildman–Crippen LogP) is 7.24. The minimum Gasteiger partial charge on any atom is -0.473 e. The smallest absolute Gasteiger partial charge is 0.0861 e. The minimum atomic E-state index is 0.650. The molecular formula is C26H38O. The number of hydrogen-bond acceptors (Lipinski definition) is 1. The van der Waals surface area contributed by atoms with Crippen LogP contribution >= 0.6 is 0 Å². The molecule has 0 N–H and O–H groups in total. The van der Waals surface area contributed by atoms with E-state index >= 15 is 0 Å². The Kier molecular flexibility index (Phi) is 4.06. The highest BCUT2D eigenvalue weighted by Crippen LogP contribution is 2.62. The molecule has 0 atom stereocenters. The monoisotopic (exact) mass is 366 g/mol. The van der Waals surface area contributed by atoms with Crippen LogP contribution in [0.4, 0.5) is 0 Å². The highest BCUT2D eigenvalue weighted by molar-refractivity contribution is 5.05. The summed E-state index contributed by atoms with van der Waals surface area (Å²) in [5.41, 5.74) is 1.30. The van der Waals surface area contributed by atoms with Crippen molar-refractivity contribution in [1.82, 2.24) is 0 Å². The quantitative estimate of drug-likeness (QED) is 0.450. The van der Waals surface area contributed by atoms with Crippen LogP contribution in [0.5, 0.6) is 0 Å². The van der Waals surface area contributed by atoms with Gasteiger partial charge >= 0.3 is 0 Å². The molecule has 8 fully saturated rings. The normalized spacial score (nSPS) is 52.4. The molecule has 0 aromatic heterocycles. The molecule has 0 aromatic rings. The van der Waals surface area contributed by atoms with E-state index in [4.69, 9.17) is 4.74 Å². The average molecular weight is 367 g/mol. The van der Waals surface area contributed by atoms with Crippen LogP contribution < -0.4 is 0 Å². The van der Waals surface area contributed by atoms with E-state index in [1.807, 2.05) is 12.5 Å². The molecule has 1 heteroatoms. The maximum Gasteiger partial charge on any atom is 0.0861 e. The fourth-order valence-electron chi connectivity index (χ4n) is 9.83. The number of ether oxygens (including phenoxy) is 1. The minimum absolute atomic E-state index is 0.650. The summed E-state index contributed by atoms with van der Waals surface area (Å²) >= 11 is 0. The summed E-state index contributed by atoms with van der Waals surface area (Å²) in [6.45, 7) is 0. The molecule has 0 unspecified atom stereocenters. The van der Waals surface area contributed by atoms with Crippen LogP contribution in [0, 0.1) is 46.3 Å². The third kappa shape index (κ3) is 3.22. The van der Waals surface area contributed by atoms with E-state index in [2.05, 4.69) is 12.2 Å². The Morgan fingerprint density at radius 1 is 0.519 bits per heavy atom. The molecule has 0 aromatic carbocycles. The third-order valence-corrected chi connectivity index (χ3v) is 9.78. The van der Waals surface area contributed by atoms with Crippen molar-refractivity contribution in [3.63, 3.8) is 0 Å². The molecule has 0 spiro atoms. The standard InChI is InChI=1S/C26H38O/c1(3-25-13-19-7-20(14-25)9-21(8-19)15-25)5-27-6-2-4-26-16-22-10-23(17-26)12-24(11-22)18-26/h1-2,5-6,19-24H,3-4,7-18H2. The topological polar surface area (TPSA) is 9.23 Å². The maximum atomic E-state index is 5.80. The lowest BCUT2D eigenvalue weighted by atomic mass is 9.49. The molecule has 8 aliphatic rings. The number of allylic oxidation sites excluding steroid dienone is 2. The molecule has 0 amide bonds. The Morgan fingerprint density at radius 3 is 1.11 bits per heavy atom. The summed E-state index contributed by atoms with van der Waals surface area (Å²) in [6, 6.07) is 0. The average Bonchev–Trinajstić information content (AvgIpc) is 2.58. The van der Waals surface area contributed by atoms with Crippen LogP contribution in [0.15, 0.2) is 24.7 Å². The fraction of sp³-hybridized carbons (Fsp3) is 0.846. The molecule has 8 saturated carbocycles. The molecule has 8 rings (SSSR count). The Morgan fingerprint density at radius 2 is 0.815 bits per heavy atom. The van der Waals surface area contributed by atoms with Gasteiger partial charge in [-0.1, -0.05) is 0 Å². The van der Waals surface area contributed by atoms with Gasteiger partial charge in [-0.25, -0.2) is 0 Å². The first-order valence-electron chi connectivity index (χ1n) is 12.1. The van der Waals surface area contributed by atoms with Gasteiger partial charge in [0.2, 0.25) is 0 Å². The van der Waals surface area contributed by atoms with E-state index in [1.165, 1.54) is 51.4 Å². The first-order valence-corrected chi connectivity index (χ1v) is 12.1. The number of hydrogen-bond donors (Lipinski definition) is 0. The van der Waals surface area contributed by atoms with E-state index in [-0.39, 0.29) is 0 Å². The van der Waals surface area contributed by atoms with Gasteiger partial charge in [0, 0.05) is 0 Å². The summed E-state index contributed by atoms with van der Waals surface area (Å²) < 4.78 is 5.80. The van der Waals surface area contributed by atoms with E-state index in [0.717, 1.165) is 35.5 Å². The van der Waals surface area contributed by atoms with Crippen molar-refractivity contribution in [2.45, 2.75) is 89.9 Å². The Hall–Kier alpha value is -0.720. The second-order valence-corrected chi connectivity index (χ2v) is 12.1. The van der Waals surface area contributed by atoms with Gasteiger partial charge in [0.15, 0.2) is 0 Å². The molecule has 8 bridgehead atoms. The zero-order valence-corrected chi connectivity index (χ0v) is 17.1. The molecule has 0 radical (unpaired) electrons. The van der Waals surface area contributed by atoms with Gasteiger partial charge in [-0.05, 0) is 148 Å². The Bertz CT molecular complexity index is 502. The van der Waals surface area contributed by atoms with Crippen molar-refractivity contribution >= 4 is 0 Å². The molecule has 1 nitrogen and oxygen atoms in total. The first-order chi connectivity index (χ1) is 13.2. The SMILES string of the molecule is C(=COC=CCC12CC3CC(CC(C3)C1)C2)CC12CC3CC(CC(C3)C1)C2. The summed E-state index contributed by atoms with van der Waals surface area (Å²) in [7, 11) is 0. The van der Waals surface area contributed by atoms with E-state index in [9.17, 15) is 0 Å². The fourth-order valence-corrected chi connectivity index (χ4v) is 9.83. The van der Waals surface area contributed by atoms with Crippen LogP contribution in [0.25, 0.3) is 0 Å². The molecule has 0 aliphatic heterocycles. The van der Waals surface area contributed by atoms with E-state index < -0.39 is 0 Å². The summed E-state index contributed by atoms with van der Waals surface area (Å²) in [6.07, 6.45) is 29.5. The van der Waals surface area contributed by atoms with E-state index in [1.54, 1.807) is 38.5 Å². The van der Waals surface area contributed by atoms with Gasteiger partial charge in [-0.15, -0.1) is 0 Å². The largest absolute Gasteiger partial charge is 0.473 e. The van der Waals surface area contributed by atoms with Gasteiger partial charge in [0.1, 0.15) is 0 Å². The van der Waals surface area contributed by atoms with Gasteiger partial charge in [-0.2, -0.15) is 0 Å². The van der Waals surface area contributed by atoms with Gasteiger partial charge in [-0.3, -0.25) is 0 Å². The second-order valence-electron chi connectivity index (χ2n) is 12.1. The zero-order valence-electron chi connectivity index (χ0n) is 17.1. The lowest BCUT2D eigenvalue weighted by Crippen LogP contribution is -2.45. The lowest BCUT2D eigenvalue weighted by Gasteiger charge is -2.56. The summed E-state index contributed by atoms with van der Waals surface area (Å²) in [5.74, 6) is 6.37. The molecule has 148 valence electrons. The van der Waals surface area contributed by atoms with Gasteiger partial charge < -0.3 is 4.74 Å². The van der Waals surface area contributed by atoms with Crippen LogP contribution in [0.2, 0.25) is 0 Å². The molecule has 0 saturated heterocycles. The van der Waals surface area contributed by atoms with Crippen molar-refractivity contribution < 1.29 is 4.74 Å².